The molecule has 118 valence electrons. The molecule has 0 bridgehead atoms. The van der Waals surface area contributed by atoms with Crippen LogP contribution in [0.25, 0.3) is 0 Å². The topological polar surface area (TPSA) is 67.1 Å². The van der Waals surface area contributed by atoms with Gasteiger partial charge in [-0.1, -0.05) is 19.8 Å². The van der Waals surface area contributed by atoms with Crippen LogP contribution in [0.15, 0.2) is 6.07 Å². The predicted octanol–water partition coefficient (Wildman–Crippen LogP) is 2.80. The Labute approximate surface area is 121 Å². The molecule has 0 amide bonds. The first-order valence-electron chi connectivity index (χ1n) is 6.98. The van der Waals surface area contributed by atoms with Crippen LogP contribution in [-0.2, 0) is 6.18 Å². The number of alkyl halides is 3. The summed E-state index contributed by atoms with van der Waals surface area (Å²) in [6, 6.07) is 1.16. The predicted molar refractivity (Wildman–Crippen MR) is 74.7 cm³/mol. The first-order valence-corrected chi connectivity index (χ1v) is 6.98. The normalized spacial score (nSPS) is 23.0. The minimum absolute atomic E-state index is 0.181. The van der Waals surface area contributed by atoms with Crippen molar-refractivity contribution in [3.63, 3.8) is 0 Å². The highest BCUT2D eigenvalue weighted by Crippen LogP contribution is 2.33. The van der Waals surface area contributed by atoms with Crippen molar-refractivity contribution in [3.8, 4) is 0 Å². The highest BCUT2D eigenvalue weighted by atomic mass is 19.4. The van der Waals surface area contributed by atoms with E-state index in [1.54, 1.807) is 7.05 Å². The third-order valence-electron chi connectivity index (χ3n) is 4.06. The molecule has 1 aromatic heterocycles. The second kappa shape index (κ2) is 6.05. The van der Waals surface area contributed by atoms with Crippen LogP contribution in [0, 0.1) is 5.92 Å². The van der Waals surface area contributed by atoms with Crippen molar-refractivity contribution in [1.82, 2.24) is 9.97 Å². The van der Waals surface area contributed by atoms with Crippen LogP contribution in [0.5, 0.6) is 0 Å². The van der Waals surface area contributed by atoms with Gasteiger partial charge in [-0.05, 0) is 18.8 Å². The SMILES string of the molecule is CC1CCCCC1N(C)c1cc(C(F)(F)F)nc(NN)n1. The summed E-state index contributed by atoms with van der Waals surface area (Å²) in [4.78, 5) is 9.23. The molecule has 1 aliphatic carbocycles. The molecule has 3 N–H and O–H groups in total. The van der Waals surface area contributed by atoms with E-state index in [2.05, 4.69) is 22.3 Å². The summed E-state index contributed by atoms with van der Waals surface area (Å²) in [5.74, 6) is 5.61. The zero-order chi connectivity index (χ0) is 15.6. The van der Waals surface area contributed by atoms with Gasteiger partial charge in [0.2, 0.25) is 5.95 Å². The molecule has 2 rings (SSSR count). The van der Waals surface area contributed by atoms with Crippen molar-refractivity contribution in [1.29, 1.82) is 0 Å². The minimum Gasteiger partial charge on any atom is -0.356 e. The van der Waals surface area contributed by atoms with Gasteiger partial charge in [0.05, 0.1) is 0 Å². The molecule has 0 aliphatic heterocycles. The molecule has 21 heavy (non-hydrogen) atoms. The molecule has 1 fully saturated rings. The Morgan fingerprint density at radius 2 is 1.95 bits per heavy atom. The summed E-state index contributed by atoms with van der Waals surface area (Å²) in [6.45, 7) is 2.12. The minimum atomic E-state index is -4.53. The lowest BCUT2D eigenvalue weighted by Crippen LogP contribution is -2.39. The largest absolute Gasteiger partial charge is 0.433 e. The molecule has 1 heterocycles. The van der Waals surface area contributed by atoms with Gasteiger partial charge >= 0.3 is 6.18 Å². The van der Waals surface area contributed by atoms with E-state index in [0.29, 0.717) is 5.92 Å². The Morgan fingerprint density at radius 3 is 2.52 bits per heavy atom. The molecule has 2 unspecified atom stereocenters. The van der Waals surface area contributed by atoms with E-state index in [-0.39, 0.29) is 17.8 Å². The van der Waals surface area contributed by atoms with Gasteiger partial charge in [-0.15, -0.1) is 0 Å². The van der Waals surface area contributed by atoms with Crippen LogP contribution < -0.4 is 16.2 Å². The second-order valence-corrected chi connectivity index (χ2v) is 5.52. The number of hydrogen-bond donors (Lipinski definition) is 2. The summed E-state index contributed by atoms with van der Waals surface area (Å²) < 4.78 is 38.7. The number of hydrogen-bond acceptors (Lipinski definition) is 5. The number of hydrazine groups is 1. The lowest BCUT2D eigenvalue weighted by molar-refractivity contribution is -0.141. The lowest BCUT2D eigenvalue weighted by atomic mass is 9.85. The van der Waals surface area contributed by atoms with Crippen LogP contribution in [0.1, 0.15) is 38.3 Å². The van der Waals surface area contributed by atoms with E-state index in [0.717, 1.165) is 25.3 Å². The number of nitrogens with zero attached hydrogens (tertiary/aromatic N) is 3. The Kier molecular flexibility index (Phi) is 4.55. The van der Waals surface area contributed by atoms with E-state index in [1.165, 1.54) is 6.42 Å². The molecular weight excluding hydrogens is 283 g/mol. The van der Waals surface area contributed by atoms with E-state index in [9.17, 15) is 13.2 Å². The van der Waals surface area contributed by atoms with Crippen LogP contribution in [0.2, 0.25) is 0 Å². The smallest absolute Gasteiger partial charge is 0.356 e. The number of nitrogens with two attached hydrogens (primary N) is 1. The molecule has 1 aromatic rings. The van der Waals surface area contributed by atoms with Crippen molar-refractivity contribution in [2.75, 3.05) is 17.4 Å². The first-order chi connectivity index (χ1) is 9.82. The van der Waals surface area contributed by atoms with Gasteiger partial charge in [0.25, 0.3) is 0 Å². The number of rotatable bonds is 3. The molecule has 8 heteroatoms. The summed E-state index contributed by atoms with van der Waals surface area (Å²) in [7, 11) is 1.77. The van der Waals surface area contributed by atoms with Crippen LogP contribution in [0.3, 0.4) is 0 Å². The molecule has 0 saturated heterocycles. The molecule has 5 nitrogen and oxygen atoms in total. The first kappa shape index (κ1) is 15.8. The fourth-order valence-electron chi connectivity index (χ4n) is 2.87. The number of aromatic nitrogens is 2. The molecule has 0 spiro atoms. The van der Waals surface area contributed by atoms with Crippen molar-refractivity contribution in [3.05, 3.63) is 11.8 Å². The Bertz CT molecular complexity index is 491. The van der Waals surface area contributed by atoms with Gasteiger partial charge in [0, 0.05) is 19.2 Å². The quantitative estimate of drug-likeness (QED) is 0.664. The molecule has 2 atom stereocenters. The van der Waals surface area contributed by atoms with Crippen molar-refractivity contribution < 1.29 is 13.2 Å². The van der Waals surface area contributed by atoms with Crippen molar-refractivity contribution >= 4 is 11.8 Å². The molecule has 1 saturated carbocycles. The summed E-state index contributed by atoms with van der Waals surface area (Å²) in [5, 5.41) is 0. The van der Waals surface area contributed by atoms with Crippen LogP contribution in [0.4, 0.5) is 24.9 Å². The van der Waals surface area contributed by atoms with E-state index >= 15 is 0 Å². The summed E-state index contributed by atoms with van der Waals surface area (Å²) in [5.41, 5.74) is 1.11. The molecule has 1 aliphatic rings. The zero-order valence-corrected chi connectivity index (χ0v) is 12.1. The summed E-state index contributed by atoms with van der Waals surface area (Å²) in [6.07, 6.45) is -0.248. The van der Waals surface area contributed by atoms with Gasteiger partial charge < -0.3 is 4.90 Å². The van der Waals surface area contributed by atoms with E-state index < -0.39 is 11.9 Å². The Morgan fingerprint density at radius 1 is 1.29 bits per heavy atom. The van der Waals surface area contributed by atoms with Crippen LogP contribution in [-0.4, -0.2) is 23.1 Å². The van der Waals surface area contributed by atoms with E-state index in [4.69, 9.17) is 5.84 Å². The maximum Gasteiger partial charge on any atom is 0.433 e. The monoisotopic (exact) mass is 303 g/mol. The third-order valence-corrected chi connectivity index (χ3v) is 4.06. The number of anilines is 2. The molecule has 0 radical (unpaired) electrons. The fraction of sp³-hybridized carbons (Fsp3) is 0.692. The number of nitrogens with one attached hydrogen (secondary N) is 1. The maximum atomic E-state index is 12.9. The standard InChI is InChI=1S/C13H20F3N5/c1-8-5-3-4-6-9(8)21(2)11-7-10(13(14,15)16)18-12(19-11)20-17/h7-9H,3-6,17H2,1-2H3,(H,18,19,20). The third kappa shape index (κ3) is 3.55. The van der Waals surface area contributed by atoms with Gasteiger partial charge in [-0.3, -0.25) is 5.43 Å². The van der Waals surface area contributed by atoms with Crippen molar-refractivity contribution in [2.45, 2.75) is 44.8 Å². The van der Waals surface area contributed by atoms with Crippen LogP contribution >= 0.6 is 0 Å². The van der Waals surface area contributed by atoms with Gasteiger partial charge in [0.15, 0.2) is 5.69 Å². The fourth-order valence-corrected chi connectivity index (χ4v) is 2.87. The zero-order valence-electron chi connectivity index (χ0n) is 12.1. The second-order valence-electron chi connectivity index (χ2n) is 5.52. The molecular formula is C13H20F3N5. The highest BCUT2D eigenvalue weighted by molar-refractivity contribution is 5.45. The van der Waals surface area contributed by atoms with E-state index in [1.807, 2.05) is 4.90 Å². The lowest BCUT2D eigenvalue weighted by Gasteiger charge is -2.37. The Hall–Kier alpha value is -1.57. The number of halogens is 3. The average molecular weight is 303 g/mol. The Balaban J connectivity index is 2.33. The average Bonchev–Trinajstić information content (AvgIpc) is 2.45. The maximum absolute atomic E-state index is 12.9. The van der Waals surface area contributed by atoms with Crippen molar-refractivity contribution in [2.24, 2.45) is 11.8 Å². The summed E-state index contributed by atoms with van der Waals surface area (Å²) >= 11 is 0. The van der Waals surface area contributed by atoms with Gasteiger partial charge in [-0.25, -0.2) is 10.8 Å². The number of nitrogen functional groups attached to an aromatic ring is 1. The van der Waals surface area contributed by atoms with Gasteiger partial charge in [-0.2, -0.15) is 18.2 Å². The molecule has 0 aromatic carbocycles. The van der Waals surface area contributed by atoms with Gasteiger partial charge in [0.1, 0.15) is 5.82 Å². The highest BCUT2D eigenvalue weighted by Gasteiger charge is 2.35.